The number of ether oxygens (including phenoxy) is 1. The zero-order chi connectivity index (χ0) is 17.5. The second kappa shape index (κ2) is 8.34. The van der Waals surface area contributed by atoms with E-state index in [0.717, 1.165) is 6.42 Å². The van der Waals surface area contributed by atoms with E-state index in [1.54, 1.807) is 13.8 Å². The molecule has 5 heteroatoms. The predicted octanol–water partition coefficient (Wildman–Crippen LogP) is 3.44. The Morgan fingerprint density at radius 3 is 2.50 bits per heavy atom. The molecule has 1 heterocycles. The highest BCUT2D eigenvalue weighted by atomic mass is 16.5. The quantitative estimate of drug-likeness (QED) is 0.790. The molecule has 0 aliphatic carbocycles. The zero-order valence-corrected chi connectivity index (χ0v) is 14.2. The summed E-state index contributed by atoms with van der Waals surface area (Å²) >= 11 is 0. The number of carbonyl (C=O) groups is 2. The molecule has 0 aliphatic heterocycles. The van der Waals surface area contributed by atoms with Gasteiger partial charge >= 0.3 is 5.97 Å². The van der Waals surface area contributed by atoms with E-state index in [1.165, 1.54) is 17.9 Å². The molecule has 2 atom stereocenters. The van der Waals surface area contributed by atoms with Crippen molar-refractivity contribution in [2.75, 3.05) is 6.54 Å². The third-order valence-electron chi connectivity index (χ3n) is 4.02. The first-order valence-electron chi connectivity index (χ1n) is 8.10. The molecule has 0 radical (unpaired) electrons. The van der Waals surface area contributed by atoms with Gasteiger partial charge in [-0.1, -0.05) is 37.3 Å². The van der Waals surface area contributed by atoms with Crippen LogP contribution in [-0.2, 0) is 9.53 Å². The molecular formula is C19H23NO4. The molecule has 0 unspecified atom stereocenters. The molecule has 0 bridgehead atoms. The summed E-state index contributed by atoms with van der Waals surface area (Å²) in [6.07, 6.45) is 1.47. The summed E-state index contributed by atoms with van der Waals surface area (Å²) in [5.74, 6) is -0.158. The minimum absolute atomic E-state index is 0.231. The van der Waals surface area contributed by atoms with Crippen molar-refractivity contribution in [1.82, 2.24) is 5.32 Å². The number of benzene rings is 1. The van der Waals surface area contributed by atoms with Crippen LogP contribution in [0.2, 0.25) is 0 Å². The Morgan fingerprint density at radius 1 is 1.21 bits per heavy atom. The van der Waals surface area contributed by atoms with E-state index in [-0.39, 0.29) is 11.8 Å². The summed E-state index contributed by atoms with van der Waals surface area (Å²) in [5, 5.41) is 2.86. The molecule has 0 fully saturated rings. The minimum atomic E-state index is -0.861. The Bertz CT molecular complexity index is 678. The number of carbonyl (C=O) groups excluding carboxylic acids is 2. The minimum Gasteiger partial charge on any atom is -0.469 e. The van der Waals surface area contributed by atoms with Crippen LogP contribution >= 0.6 is 0 Å². The fourth-order valence-corrected chi connectivity index (χ4v) is 2.46. The Hall–Kier alpha value is -2.56. The van der Waals surface area contributed by atoms with Crippen LogP contribution in [-0.4, -0.2) is 24.5 Å². The maximum absolute atomic E-state index is 12.2. The van der Waals surface area contributed by atoms with Crippen molar-refractivity contribution >= 4 is 11.9 Å². The molecule has 1 aromatic heterocycles. The Labute approximate surface area is 142 Å². The first-order chi connectivity index (χ1) is 11.5. The molecule has 2 rings (SSSR count). The van der Waals surface area contributed by atoms with Crippen LogP contribution in [0, 0.1) is 6.92 Å². The van der Waals surface area contributed by atoms with Gasteiger partial charge < -0.3 is 14.5 Å². The van der Waals surface area contributed by atoms with Crippen molar-refractivity contribution in [3.8, 4) is 0 Å². The van der Waals surface area contributed by atoms with E-state index in [0.29, 0.717) is 17.9 Å². The summed E-state index contributed by atoms with van der Waals surface area (Å²) in [6.45, 7) is 5.82. The summed E-state index contributed by atoms with van der Waals surface area (Å²) in [7, 11) is 0. The molecule has 0 saturated heterocycles. The Kier molecular flexibility index (Phi) is 6.18. The van der Waals surface area contributed by atoms with E-state index in [2.05, 4.69) is 12.2 Å². The van der Waals surface area contributed by atoms with E-state index < -0.39 is 12.1 Å². The monoisotopic (exact) mass is 329 g/mol. The van der Waals surface area contributed by atoms with Gasteiger partial charge in [0.15, 0.2) is 6.10 Å². The van der Waals surface area contributed by atoms with E-state index >= 15 is 0 Å². The lowest BCUT2D eigenvalue weighted by atomic mass is 9.96. The van der Waals surface area contributed by atoms with Gasteiger partial charge in [-0.3, -0.25) is 4.79 Å². The second-order valence-electron chi connectivity index (χ2n) is 5.70. The lowest BCUT2D eigenvalue weighted by Crippen LogP contribution is -2.38. The van der Waals surface area contributed by atoms with Crippen molar-refractivity contribution in [3.63, 3.8) is 0 Å². The lowest BCUT2D eigenvalue weighted by Gasteiger charge is -2.18. The highest BCUT2D eigenvalue weighted by Gasteiger charge is 2.21. The fourth-order valence-electron chi connectivity index (χ4n) is 2.46. The van der Waals surface area contributed by atoms with Crippen LogP contribution in [0.4, 0.5) is 0 Å². The van der Waals surface area contributed by atoms with Gasteiger partial charge in [0, 0.05) is 12.5 Å². The third kappa shape index (κ3) is 4.47. The topological polar surface area (TPSA) is 68.5 Å². The molecule has 1 N–H and O–H groups in total. The first kappa shape index (κ1) is 17.8. The number of nitrogens with one attached hydrogen (secondary N) is 1. The lowest BCUT2D eigenvalue weighted by molar-refractivity contribution is -0.129. The van der Waals surface area contributed by atoms with E-state index in [9.17, 15) is 9.59 Å². The molecular weight excluding hydrogens is 306 g/mol. The van der Waals surface area contributed by atoms with Crippen molar-refractivity contribution in [1.29, 1.82) is 0 Å². The molecule has 1 aromatic carbocycles. The van der Waals surface area contributed by atoms with Gasteiger partial charge in [0.2, 0.25) is 0 Å². The van der Waals surface area contributed by atoms with E-state index in [4.69, 9.17) is 9.15 Å². The van der Waals surface area contributed by atoms with Gasteiger partial charge in [-0.2, -0.15) is 0 Å². The number of esters is 1. The van der Waals surface area contributed by atoms with Crippen molar-refractivity contribution in [2.45, 2.75) is 39.2 Å². The van der Waals surface area contributed by atoms with Crippen molar-refractivity contribution in [2.24, 2.45) is 0 Å². The SMILES string of the molecule is CC[C@H](CNC(=O)[C@H](C)OC(=O)c1ccoc1C)c1ccccc1. The zero-order valence-electron chi connectivity index (χ0n) is 14.2. The molecule has 128 valence electrons. The molecule has 2 aromatic rings. The van der Waals surface area contributed by atoms with Crippen LogP contribution < -0.4 is 5.32 Å². The van der Waals surface area contributed by atoms with Gasteiger partial charge in [0.25, 0.3) is 5.91 Å². The summed E-state index contributed by atoms with van der Waals surface area (Å²) in [4.78, 5) is 24.2. The van der Waals surface area contributed by atoms with E-state index in [1.807, 2.05) is 30.3 Å². The largest absolute Gasteiger partial charge is 0.469 e. The Balaban J connectivity index is 1.87. The van der Waals surface area contributed by atoms with Crippen LogP contribution in [0.1, 0.15) is 47.9 Å². The molecule has 0 spiro atoms. The van der Waals surface area contributed by atoms with Crippen LogP contribution in [0.15, 0.2) is 47.1 Å². The Morgan fingerprint density at radius 2 is 1.92 bits per heavy atom. The number of amides is 1. The maximum atomic E-state index is 12.2. The second-order valence-corrected chi connectivity index (χ2v) is 5.70. The van der Waals surface area contributed by atoms with Gasteiger partial charge in [-0.25, -0.2) is 4.79 Å². The first-order valence-corrected chi connectivity index (χ1v) is 8.10. The van der Waals surface area contributed by atoms with Crippen molar-refractivity contribution in [3.05, 3.63) is 59.5 Å². The summed E-state index contributed by atoms with van der Waals surface area (Å²) in [6, 6.07) is 11.6. The molecule has 5 nitrogen and oxygen atoms in total. The van der Waals surface area contributed by atoms with Crippen LogP contribution in [0.5, 0.6) is 0 Å². The summed E-state index contributed by atoms with van der Waals surface area (Å²) < 4.78 is 10.3. The van der Waals surface area contributed by atoms with Gasteiger partial charge in [-0.15, -0.1) is 0 Å². The number of hydrogen-bond donors (Lipinski definition) is 1. The fraction of sp³-hybridized carbons (Fsp3) is 0.368. The number of rotatable bonds is 7. The molecule has 1 amide bonds. The number of hydrogen-bond acceptors (Lipinski definition) is 4. The normalized spacial score (nSPS) is 13.1. The van der Waals surface area contributed by atoms with Crippen molar-refractivity contribution < 1.29 is 18.7 Å². The smallest absolute Gasteiger partial charge is 0.342 e. The predicted molar refractivity (Wildman–Crippen MR) is 90.8 cm³/mol. The maximum Gasteiger partial charge on any atom is 0.342 e. The number of aryl methyl sites for hydroxylation is 1. The average molecular weight is 329 g/mol. The molecule has 0 aliphatic rings. The van der Waals surface area contributed by atoms with Gasteiger partial charge in [0.05, 0.1) is 6.26 Å². The highest BCUT2D eigenvalue weighted by molar-refractivity contribution is 5.92. The van der Waals surface area contributed by atoms with Gasteiger partial charge in [-0.05, 0) is 31.9 Å². The van der Waals surface area contributed by atoms with Crippen LogP contribution in [0.3, 0.4) is 0 Å². The molecule has 24 heavy (non-hydrogen) atoms. The summed E-state index contributed by atoms with van der Waals surface area (Å²) in [5.41, 5.74) is 1.52. The standard InChI is InChI=1S/C19H23NO4/c1-4-15(16-8-6-5-7-9-16)12-20-18(21)14(3)24-19(22)17-10-11-23-13(17)2/h5-11,14-15H,4,12H2,1-3H3,(H,20,21)/t14-,15+/m0/s1. The van der Waals surface area contributed by atoms with Gasteiger partial charge in [0.1, 0.15) is 11.3 Å². The number of furan rings is 1. The average Bonchev–Trinajstić information content (AvgIpc) is 3.02. The highest BCUT2D eigenvalue weighted by Crippen LogP contribution is 2.18. The van der Waals surface area contributed by atoms with Crippen LogP contribution in [0.25, 0.3) is 0 Å². The molecule has 0 saturated carbocycles. The third-order valence-corrected chi connectivity index (χ3v) is 4.02.